The minimum atomic E-state index is 0.0131. The average molecular weight is 199 g/mol. The highest BCUT2D eigenvalue weighted by Crippen LogP contribution is 2.26. The second-order valence-electron chi connectivity index (χ2n) is 4.73. The Bertz CT molecular complexity index is 186. The van der Waals surface area contributed by atoms with Gasteiger partial charge in [-0.1, -0.05) is 19.8 Å². The van der Waals surface area contributed by atoms with Crippen LogP contribution in [0.15, 0.2) is 0 Å². The molecule has 1 heterocycles. The number of hydrogen-bond donors (Lipinski definition) is 1. The predicted octanol–water partition coefficient (Wildman–Crippen LogP) is 1.66. The quantitative estimate of drug-likeness (QED) is 0.735. The first-order valence-corrected chi connectivity index (χ1v) is 5.78. The first-order chi connectivity index (χ1) is 6.75. The first-order valence-electron chi connectivity index (χ1n) is 5.78. The van der Waals surface area contributed by atoms with Crippen LogP contribution >= 0.6 is 0 Å². The molecular weight excluding hydrogens is 178 g/mol. The topological polar surface area (TPSA) is 44.5 Å². The third kappa shape index (κ3) is 2.47. The van der Waals surface area contributed by atoms with E-state index in [0.29, 0.717) is 5.92 Å². The summed E-state index contributed by atoms with van der Waals surface area (Å²) in [5, 5.41) is 0. The summed E-state index contributed by atoms with van der Waals surface area (Å²) in [6, 6.07) is 0.225. The molecule has 14 heavy (non-hydrogen) atoms. The van der Waals surface area contributed by atoms with E-state index in [9.17, 15) is 0 Å². The van der Waals surface area contributed by atoms with Gasteiger partial charge in [-0.05, 0) is 18.8 Å². The van der Waals surface area contributed by atoms with Gasteiger partial charge in [-0.25, -0.2) is 0 Å². The number of ether oxygens (including phenoxy) is 2. The molecule has 0 aromatic rings. The van der Waals surface area contributed by atoms with E-state index in [2.05, 4.69) is 6.92 Å². The van der Waals surface area contributed by atoms with E-state index in [-0.39, 0.29) is 18.4 Å². The van der Waals surface area contributed by atoms with Gasteiger partial charge in [0.2, 0.25) is 0 Å². The van der Waals surface area contributed by atoms with Crippen molar-refractivity contribution in [1.82, 2.24) is 0 Å². The molecular formula is C11H21NO2. The fourth-order valence-electron chi connectivity index (χ4n) is 2.32. The summed E-state index contributed by atoms with van der Waals surface area (Å²) in [6.07, 6.45) is 5.99. The van der Waals surface area contributed by atoms with Crippen molar-refractivity contribution < 1.29 is 9.47 Å². The Morgan fingerprint density at radius 1 is 1.29 bits per heavy atom. The van der Waals surface area contributed by atoms with Crippen LogP contribution in [0.5, 0.6) is 0 Å². The van der Waals surface area contributed by atoms with Crippen molar-refractivity contribution in [2.75, 3.05) is 6.61 Å². The summed E-state index contributed by atoms with van der Waals surface area (Å²) >= 11 is 0. The molecule has 0 aromatic heterocycles. The normalized spacial score (nSPS) is 44.1. The summed E-state index contributed by atoms with van der Waals surface area (Å²) < 4.78 is 11.4. The Morgan fingerprint density at radius 2 is 2.07 bits per heavy atom. The maximum absolute atomic E-state index is 6.01. The average Bonchev–Trinajstić information content (AvgIpc) is 2.56. The lowest BCUT2D eigenvalue weighted by Gasteiger charge is -2.30. The van der Waals surface area contributed by atoms with Gasteiger partial charge in [0.05, 0.1) is 12.7 Å². The lowest BCUT2D eigenvalue weighted by atomic mass is 9.93. The van der Waals surface area contributed by atoms with E-state index < -0.39 is 0 Å². The predicted molar refractivity (Wildman–Crippen MR) is 54.8 cm³/mol. The smallest absolute Gasteiger partial charge is 0.158 e. The monoisotopic (exact) mass is 199 g/mol. The Labute approximate surface area is 85.9 Å². The van der Waals surface area contributed by atoms with Crippen molar-refractivity contribution in [2.45, 2.75) is 57.5 Å². The molecule has 3 nitrogen and oxygen atoms in total. The Balaban J connectivity index is 1.78. The molecule has 3 heteroatoms. The molecule has 1 saturated carbocycles. The zero-order valence-electron chi connectivity index (χ0n) is 8.95. The molecule has 0 radical (unpaired) electrons. The van der Waals surface area contributed by atoms with Crippen LogP contribution in [0.3, 0.4) is 0 Å². The molecule has 1 aliphatic carbocycles. The first kappa shape index (κ1) is 10.4. The largest absolute Gasteiger partial charge is 0.352 e. The minimum Gasteiger partial charge on any atom is -0.352 e. The fourth-order valence-corrected chi connectivity index (χ4v) is 2.32. The molecule has 4 atom stereocenters. The molecule has 2 aliphatic rings. The molecule has 0 amide bonds. The molecule has 0 bridgehead atoms. The fraction of sp³-hybridized carbons (Fsp3) is 1.00. The summed E-state index contributed by atoms with van der Waals surface area (Å²) in [5.74, 6) is 0.639. The molecule has 82 valence electrons. The van der Waals surface area contributed by atoms with Crippen molar-refractivity contribution in [2.24, 2.45) is 11.7 Å². The number of nitrogens with two attached hydrogens (primary N) is 1. The van der Waals surface area contributed by atoms with Gasteiger partial charge in [-0.3, -0.25) is 0 Å². The second kappa shape index (κ2) is 4.60. The molecule has 0 spiro atoms. The molecule has 2 N–H and O–H groups in total. The van der Waals surface area contributed by atoms with Crippen molar-refractivity contribution in [1.29, 1.82) is 0 Å². The molecule has 2 fully saturated rings. The van der Waals surface area contributed by atoms with Crippen LogP contribution < -0.4 is 5.73 Å². The number of rotatable bonds is 2. The molecule has 2 rings (SSSR count). The lowest BCUT2D eigenvalue weighted by molar-refractivity contribution is -0.155. The summed E-state index contributed by atoms with van der Waals surface area (Å²) in [6.45, 7) is 3.04. The lowest BCUT2D eigenvalue weighted by Crippen LogP contribution is -2.41. The van der Waals surface area contributed by atoms with Crippen LogP contribution in [0, 0.1) is 5.92 Å². The van der Waals surface area contributed by atoms with Gasteiger partial charge >= 0.3 is 0 Å². The number of hydrogen-bond acceptors (Lipinski definition) is 3. The molecule has 1 aliphatic heterocycles. The second-order valence-corrected chi connectivity index (χ2v) is 4.73. The summed E-state index contributed by atoms with van der Waals surface area (Å²) in [7, 11) is 0. The van der Waals surface area contributed by atoms with E-state index in [0.717, 1.165) is 25.9 Å². The van der Waals surface area contributed by atoms with Gasteiger partial charge in [0.15, 0.2) is 6.29 Å². The summed E-state index contributed by atoms with van der Waals surface area (Å²) in [5.41, 5.74) is 6.01. The van der Waals surface area contributed by atoms with Crippen molar-refractivity contribution in [3.63, 3.8) is 0 Å². The van der Waals surface area contributed by atoms with Crippen LogP contribution in [0.1, 0.15) is 39.0 Å². The minimum absolute atomic E-state index is 0.0131. The van der Waals surface area contributed by atoms with Crippen molar-refractivity contribution in [3.8, 4) is 0 Å². The third-order valence-corrected chi connectivity index (χ3v) is 3.24. The van der Waals surface area contributed by atoms with Crippen LogP contribution in [0.2, 0.25) is 0 Å². The highest BCUT2D eigenvalue weighted by Gasteiger charge is 2.29. The van der Waals surface area contributed by atoms with Gasteiger partial charge in [-0.15, -0.1) is 0 Å². The Hall–Kier alpha value is -0.120. The van der Waals surface area contributed by atoms with E-state index in [1.165, 1.54) is 12.8 Å². The van der Waals surface area contributed by atoms with Gasteiger partial charge < -0.3 is 15.2 Å². The van der Waals surface area contributed by atoms with Crippen LogP contribution in [-0.4, -0.2) is 25.0 Å². The third-order valence-electron chi connectivity index (χ3n) is 3.24. The van der Waals surface area contributed by atoms with E-state index in [1.54, 1.807) is 0 Å². The maximum atomic E-state index is 6.01. The van der Waals surface area contributed by atoms with Crippen molar-refractivity contribution >= 4 is 0 Å². The van der Waals surface area contributed by atoms with E-state index >= 15 is 0 Å². The Kier molecular flexibility index (Phi) is 3.42. The standard InChI is InChI=1S/C11H21NO2/c1-8-6-11(13-7-8)14-10-5-3-2-4-9(10)12/h8-11H,2-7,12H2,1H3/t8-,9?,10?,11-/m0/s1. The highest BCUT2D eigenvalue weighted by atomic mass is 16.7. The van der Waals surface area contributed by atoms with E-state index in [1.807, 2.05) is 0 Å². The van der Waals surface area contributed by atoms with Crippen molar-refractivity contribution in [3.05, 3.63) is 0 Å². The Morgan fingerprint density at radius 3 is 2.71 bits per heavy atom. The van der Waals surface area contributed by atoms with Gasteiger partial charge in [-0.2, -0.15) is 0 Å². The van der Waals surface area contributed by atoms with Gasteiger partial charge in [0.1, 0.15) is 0 Å². The van der Waals surface area contributed by atoms with Gasteiger partial charge in [0, 0.05) is 12.5 Å². The molecule has 2 unspecified atom stereocenters. The summed E-state index contributed by atoms with van der Waals surface area (Å²) in [4.78, 5) is 0. The molecule has 0 aromatic carbocycles. The maximum Gasteiger partial charge on any atom is 0.158 e. The zero-order valence-corrected chi connectivity index (χ0v) is 8.95. The van der Waals surface area contributed by atoms with E-state index in [4.69, 9.17) is 15.2 Å². The van der Waals surface area contributed by atoms with Crippen LogP contribution in [-0.2, 0) is 9.47 Å². The van der Waals surface area contributed by atoms with Crippen LogP contribution in [0.4, 0.5) is 0 Å². The van der Waals surface area contributed by atoms with Crippen LogP contribution in [0.25, 0.3) is 0 Å². The van der Waals surface area contributed by atoms with Gasteiger partial charge in [0.25, 0.3) is 0 Å². The molecule has 1 saturated heterocycles. The highest BCUT2D eigenvalue weighted by molar-refractivity contribution is 4.79. The zero-order chi connectivity index (χ0) is 9.97. The SMILES string of the molecule is C[C@@H]1CO[C@@H](OC2CCCCC2N)C1.